The molecule has 0 radical (unpaired) electrons. The predicted octanol–water partition coefficient (Wildman–Crippen LogP) is 0.211. The molecule has 1 fully saturated rings. The summed E-state index contributed by atoms with van der Waals surface area (Å²) in [6.07, 6.45) is 4.57. The molecule has 0 bridgehead atoms. The summed E-state index contributed by atoms with van der Waals surface area (Å²) < 4.78 is 1.98. The standard InChI is InChI=1S/C11H13N3O/c15-11(7-12-8-11)5-9-6-14-4-2-1-3-10(14)13-9/h1-4,6,12,15H,5,7-8H2. The molecule has 1 aliphatic heterocycles. The van der Waals surface area contributed by atoms with Gasteiger partial charge in [-0.1, -0.05) is 6.07 Å². The van der Waals surface area contributed by atoms with E-state index < -0.39 is 5.60 Å². The lowest BCUT2D eigenvalue weighted by molar-refractivity contribution is -0.00971. The molecule has 1 saturated heterocycles. The molecule has 3 heterocycles. The molecule has 1 aliphatic rings. The summed E-state index contributed by atoms with van der Waals surface area (Å²) in [5.74, 6) is 0. The zero-order chi connectivity index (χ0) is 10.3. The van der Waals surface area contributed by atoms with Crippen molar-refractivity contribution in [1.82, 2.24) is 14.7 Å². The second-order valence-corrected chi connectivity index (χ2v) is 4.20. The van der Waals surface area contributed by atoms with Gasteiger partial charge in [-0.05, 0) is 12.1 Å². The highest BCUT2D eigenvalue weighted by atomic mass is 16.3. The number of rotatable bonds is 2. The Hall–Kier alpha value is -1.39. The molecular weight excluding hydrogens is 190 g/mol. The highest BCUT2D eigenvalue weighted by molar-refractivity contribution is 5.39. The van der Waals surface area contributed by atoms with Crippen molar-refractivity contribution >= 4 is 5.65 Å². The van der Waals surface area contributed by atoms with Crippen molar-refractivity contribution in [2.24, 2.45) is 0 Å². The van der Waals surface area contributed by atoms with Crippen LogP contribution < -0.4 is 5.32 Å². The third-order valence-electron chi connectivity index (χ3n) is 2.83. The maximum atomic E-state index is 9.98. The quantitative estimate of drug-likeness (QED) is 0.733. The Bertz CT molecular complexity index is 454. The van der Waals surface area contributed by atoms with Crippen LogP contribution in [0.15, 0.2) is 30.6 Å². The van der Waals surface area contributed by atoms with Crippen molar-refractivity contribution in [3.8, 4) is 0 Å². The first-order valence-corrected chi connectivity index (χ1v) is 5.11. The summed E-state index contributed by atoms with van der Waals surface area (Å²) in [5, 5.41) is 13.0. The molecule has 2 aromatic heterocycles. The molecule has 0 unspecified atom stereocenters. The van der Waals surface area contributed by atoms with E-state index in [2.05, 4.69) is 10.3 Å². The first-order chi connectivity index (χ1) is 7.25. The van der Waals surface area contributed by atoms with Crippen molar-refractivity contribution in [3.63, 3.8) is 0 Å². The molecular formula is C11H13N3O. The van der Waals surface area contributed by atoms with Gasteiger partial charge in [0.15, 0.2) is 0 Å². The monoisotopic (exact) mass is 203 g/mol. The van der Waals surface area contributed by atoms with E-state index in [4.69, 9.17) is 0 Å². The number of hydrogen-bond acceptors (Lipinski definition) is 3. The second kappa shape index (κ2) is 3.05. The zero-order valence-corrected chi connectivity index (χ0v) is 8.35. The van der Waals surface area contributed by atoms with Crippen LogP contribution in [0, 0.1) is 0 Å². The first-order valence-electron chi connectivity index (χ1n) is 5.11. The molecule has 0 saturated carbocycles. The van der Waals surface area contributed by atoms with Crippen LogP contribution in [0.5, 0.6) is 0 Å². The predicted molar refractivity (Wildman–Crippen MR) is 56.7 cm³/mol. The fourth-order valence-electron chi connectivity index (χ4n) is 1.95. The number of fused-ring (bicyclic) bond motifs is 1. The summed E-state index contributed by atoms with van der Waals surface area (Å²) in [5.41, 5.74) is 1.30. The molecule has 2 N–H and O–H groups in total. The number of β-amino-alcohol motifs (C(OH)–C–C–N with tert-alkyl or cyclic N) is 1. The van der Waals surface area contributed by atoms with Gasteiger partial charge in [-0.3, -0.25) is 0 Å². The number of nitrogens with one attached hydrogen (secondary N) is 1. The van der Waals surface area contributed by atoms with Crippen molar-refractivity contribution in [2.45, 2.75) is 12.0 Å². The number of hydrogen-bond donors (Lipinski definition) is 2. The molecule has 0 spiro atoms. The third-order valence-corrected chi connectivity index (χ3v) is 2.83. The van der Waals surface area contributed by atoms with Crippen LogP contribution in [-0.2, 0) is 6.42 Å². The number of imidazole rings is 1. The van der Waals surface area contributed by atoms with E-state index in [0.29, 0.717) is 19.5 Å². The molecule has 0 aliphatic carbocycles. The Kier molecular flexibility index (Phi) is 1.81. The lowest BCUT2D eigenvalue weighted by atomic mass is 9.92. The first kappa shape index (κ1) is 8.88. The largest absolute Gasteiger partial charge is 0.387 e. The van der Waals surface area contributed by atoms with Crippen LogP contribution in [-0.4, -0.2) is 33.2 Å². The van der Waals surface area contributed by atoms with Crippen LogP contribution in [0.2, 0.25) is 0 Å². The van der Waals surface area contributed by atoms with Crippen LogP contribution >= 0.6 is 0 Å². The van der Waals surface area contributed by atoms with Gasteiger partial charge in [-0.25, -0.2) is 4.98 Å². The van der Waals surface area contributed by atoms with Gasteiger partial charge in [-0.15, -0.1) is 0 Å². The highest BCUT2D eigenvalue weighted by Gasteiger charge is 2.34. The summed E-state index contributed by atoms with van der Waals surface area (Å²) >= 11 is 0. The van der Waals surface area contributed by atoms with E-state index in [1.807, 2.05) is 35.0 Å². The average molecular weight is 203 g/mol. The number of aliphatic hydroxyl groups is 1. The molecule has 78 valence electrons. The Morgan fingerprint density at radius 2 is 2.33 bits per heavy atom. The number of nitrogens with zero attached hydrogens (tertiary/aromatic N) is 2. The van der Waals surface area contributed by atoms with Crippen LogP contribution in [0.1, 0.15) is 5.69 Å². The SMILES string of the molecule is OC1(Cc2cn3ccccc3n2)CNC1. The van der Waals surface area contributed by atoms with E-state index in [9.17, 15) is 5.11 Å². The Morgan fingerprint density at radius 3 is 3.00 bits per heavy atom. The minimum Gasteiger partial charge on any atom is -0.387 e. The smallest absolute Gasteiger partial charge is 0.136 e. The summed E-state index contributed by atoms with van der Waals surface area (Å²) in [6, 6.07) is 5.90. The Morgan fingerprint density at radius 1 is 1.47 bits per heavy atom. The lowest BCUT2D eigenvalue weighted by Gasteiger charge is -2.37. The Labute approximate surface area is 87.6 Å². The van der Waals surface area contributed by atoms with Gasteiger partial charge < -0.3 is 14.8 Å². The fourth-order valence-corrected chi connectivity index (χ4v) is 1.95. The van der Waals surface area contributed by atoms with Crippen molar-refractivity contribution in [2.75, 3.05) is 13.1 Å². The molecule has 4 nitrogen and oxygen atoms in total. The van der Waals surface area contributed by atoms with E-state index in [0.717, 1.165) is 11.3 Å². The van der Waals surface area contributed by atoms with Gasteiger partial charge >= 0.3 is 0 Å². The van der Waals surface area contributed by atoms with Gasteiger partial charge in [-0.2, -0.15) is 0 Å². The van der Waals surface area contributed by atoms with E-state index in [1.165, 1.54) is 0 Å². The van der Waals surface area contributed by atoms with Crippen molar-refractivity contribution in [3.05, 3.63) is 36.3 Å². The maximum Gasteiger partial charge on any atom is 0.136 e. The molecule has 2 aromatic rings. The van der Waals surface area contributed by atoms with Crippen LogP contribution in [0.4, 0.5) is 0 Å². The fraction of sp³-hybridized carbons (Fsp3) is 0.364. The summed E-state index contributed by atoms with van der Waals surface area (Å²) in [4.78, 5) is 4.45. The van der Waals surface area contributed by atoms with Gasteiger partial charge in [0.1, 0.15) is 5.65 Å². The van der Waals surface area contributed by atoms with Crippen molar-refractivity contribution in [1.29, 1.82) is 0 Å². The van der Waals surface area contributed by atoms with E-state index in [1.54, 1.807) is 0 Å². The highest BCUT2D eigenvalue weighted by Crippen LogP contribution is 2.17. The zero-order valence-electron chi connectivity index (χ0n) is 8.35. The normalized spacial score (nSPS) is 19.0. The molecule has 0 atom stereocenters. The summed E-state index contributed by atoms with van der Waals surface area (Å²) in [6.45, 7) is 1.34. The average Bonchev–Trinajstić information content (AvgIpc) is 2.57. The third kappa shape index (κ3) is 1.52. The van der Waals surface area contributed by atoms with Gasteiger partial charge in [0.2, 0.25) is 0 Å². The van der Waals surface area contributed by atoms with Crippen LogP contribution in [0.3, 0.4) is 0 Å². The minimum absolute atomic E-state index is 0.585. The van der Waals surface area contributed by atoms with Gasteiger partial charge in [0.25, 0.3) is 0 Å². The molecule has 0 amide bonds. The molecule has 4 heteroatoms. The van der Waals surface area contributed by atoms with E-state index >= 15 is 0 Å². The van der Waals surface area contributed by atoms with E-state index in [-0.39, 0.29) is 0 Å². The number of aromatic nitrogens is 2. The Balaban J connectivity index is 1.91. The minimum atomic E-state index is -0.585. The topological polar surface area (TPSA) is 49.6 Å². The van der Waals surface area contributed by atoms with Gasteiger partial charge in [0, 0.05) is 31.9 Å². The second-order valence-electron chi connectivity index (χ2n) is 4.20. The van der Waals surface area contributed by atoms with Gasteiger partial charge in [0.05, 0.1) is 11.3 Å². The van der Waals surface area contributed by atoms with Crippen molar-refractivity contribution < 1.29 is 5.11 Å². The molecule has 3 rings (SSSR count). The lowest BCUT2D eigenvalue weighted by Crippen LogP contribution is -2.60. The molecule has 15 heavy (non-hydrogen) atoms. The number of pyridine rings is 1. The maximum absolute atomic E-state index is 9.98. The summed E-state index contributed by atoms with van der Waals surface area (Å²) in [7, 11) is 0. The molecule has 0 aromatic carbocycles. The van der Waals surface area contributed by atoms with Crippen LogP contribution in [0.25, 0.3) is 5.65 Å².